The van der Waals surface area contributed by atoms with Gasteiger partial charge in [-0.15, -0.1) is 0 Å². The van der Waals surface area contributed by atoms with Crippen molar-refractivity contribution in [3.8, 4) is 17.1 Å². The predicted molar refractivity (Wildman–Crippen MR) is 140 cm³/mol. The van der Waals surface area contributed by atoms with Gasteiger partial charge in [0.2, 0.25) is 0 Å². The van der Waals surface area contributed by atoms with E-state index >= 15 is 0 Å². The van der Waals surface area contributed by atoms with Gasteiger partial charge in [-0.3, -0.25) is 19.6 Å². The van der Waals surface area contributed by atoms with Crippen LogP contribution in [0, 0.1) is 5.92 Å². The number of rotatable bonds is 7. The van der Waals surface area contributed by atoms with Crippen LogP contribution >= 0.6 is 0 Å². The van der Waals surface area contributed by atoms with Crippen molar-refractivity contribution >= 4 is 23.3 Å². The largest absolute Gasteiger partial charge is 0.494 e. The number of aliphatic carboxylic acids is 1. The number of benzene rings is 1. The number of methoxy groups -OCH3 is 1. The van der Waals surface area contributed by atoms with Crippen molar-refractivity contribution in [3.63, 3.8) is 0 Å². The molecule has 2 aliphatic rings. The zero-order valence-electron chi connectivity index (χ0n) is 20.9. The number of H-pyrrole nitrogens is 1. The van der Waals surface area contributed by atoms with E-state index < -0.39 is 5.97 Å². The van der Waals surface area contributed by atoms with Gasteiger partial charge in [0.1, 0.15) is 11.4 Å². The Morgan fingerprint density at radius 3 is 2.51 bits per heavy atom. The number of aromatic nitrogens is 3. The van der Waals surface area contributed by atoms with Gasteiger partial charge in [0, 0.05) is 50.2 Å². The fourth-order valence-electron chi connectivity index (χ4n) is 5.31. The topological polar surface area (TPSA) is 124 Å². The molecule has 37 heavy (non-hydrogen) atoms. The number of aromatic amines is 1. The van der Waals surface area contributed by atoms with Crippen molar-refractivity contribution in [1.29, 1.82) is 0 Å². The summed E-state index contributed by atoms with van der Waals surface area (Å²) in [7, 11) is 1.59. The SMILES string of the molecule is COc1cc(N2CCN(C3CCC(C(=O)O)CC3)CC2)ccc1NC(=O)c1cccc(-c2ccn[nH]2)n1. The summed E-state index contributed by atoms with van der Waals surface area (Å²) in [6, 6.07) is 13.4. The van der Waals surface area contributed by atoms with E-state index in [0.29, 0.717) is 28.9 Å². The average molecular weight is 505 g/mol. The van der Waals surface area contributed by atoms with E-state index in [-0.39, 0.29) is 11.8 Å². The number of nitrogens with zero attached hydrogens (tertiary/aromatic N) is 4. The van der Waals surface area contributed by atoms with Gasteiger partial charge < -0.3 is 20.1 Å². The Balaban J connectivity index is 1.20. The number of carbonyl (C=O) groups is 2. The molecule has 1 aliphatic carbocycles. The van der Waals surface area contributed by atoms with Crippen molar-refractivity contribution in [2.24, 2.45) is 5.92 Å². The standard InChI is InChI=1S/C27H32N6O4/c1-37-25-17-20(33-15-13-32(14-16-33)19-7-5-18(6-8-19)27(35)36)9-10-23(25)30-26(34)24-4-2-3-21(29-24)22-11-12-28-31-22/h2-4,9-12,17-19H,5-8,13-16H2,1H3,(H,28,31)(H,30,34)(H,35,36). The Morgan fingerprint density at radius 2 is 1.84 bits per heavy atom. The molecule has 1 amide bonds. The van der Waals surface area contributed by atoms with Gasteiger partial charge in [0.05, 0.1) is 30.1 Å². The molecule has 3 heterocycles. The monoisotopic (exact) mass is 504 g/mol. The third-order valence-electron chi connectivity index (χ3n) is 7.43. The van der Waals surface area contributed by atoms with Gasteiger partial charge in [-0.1, -0.05) is 6.07 Å². The zero-order chi connectivity index (χ0) is 25.8. The Hall–Kier alpha value is -3.92. The Bertz CT molecular complexity index is 1230. The molecule has 3 N–H and O–H groups in total. The number of carboxylic acid groups (broad SMARTS) is 1. The molecular formula is C27H32N6O4. The van der Waals surface area contributed by atoms with Crippen LogP contribution in [0.4, 0.5) is 11.4 Å². The highest BCUT2D eigenvalue weighted by molar-refractivity contribution is 6.04. The molecule has 1 saturated heterocycles. The summed E-state index contributed by atoms with van der Waals surface area (Å²) in [5, 5.41) is 19.0. The maximum Gasteiger partial charge on any atom is 0.306 e. The number of nitrogens with one attached hydrogen (secondary N) is 2. The van der Waals surface area contributed by atoms with Crippen molar-refractivity contribution in [3.05, 3.63) is 54.4 Å². The molecule has 1 aliphatic heterocycles. The first-order chi connectivity index (χ1) is 18.0. The van der Waals surface area contributed by atoms with Gasteiger partial charge in [-0.2, -0.15) is 5.10 Å². The van der Waals surface area contributed by atoms with Crippen LogP contribution in [0.1, 0.15) is 36.2 Å². The normalized spacial score (nSPS) is 20.4. The first-order valence-corrected chi connectivity index (χ1v) is 12.7. The quantitative estimate of drug-likeness (QED) is 0.447. The summed E-state index contributed by atoms with van der Waals surface area (Å²) in [5.74, 6) is -0.570. The molecule has 0 bridgehead atoms. The summed E-state index contributed by atoms with van der Waals surface area (Å²) in [5.41, 5.74) is 3.31. The number of carboxylic acids is 1. The molecule has 1 saturated carbocycles. The average Bonchev–Trinajstić information content (AvgIpc) is 3.49. The first kappa shape index (κ1) is 24.8. The molecule has 0 unspecified atom stereocenters. The van der Waals surface area contributed by atoms with E-state index in [9.17, 15) is 14.7 Å². The van der Waals surface area contributed by atoms with Crippen LogP contribution in [-0.2, 0) is 4.79 Å². The van der Waals surface area contributed by atoms with Crippen LogP contribution in [0.5, 0.6) is 5.75 Å². The summed E-state index contributed by atoms with van der Waals surface area (Å²) >= 11 is 0. The lowest BCUT2D eigenvalue weighted by Gasteiger charge is -2.42. The lowest BCUT2D eigenvalue weighted by atomic mass is 9.85. The molecule has 3 aromatic rings. The molecule has 5 rings (SSSR count). The molecule has 0 atom stereocenters. The fourth-order valence-corrected chi connectivity index (χ4v) is 5.31. The number of hydrogen-bond acceptors (Lipinski definition) is 7. The predicted octanol–water partition coefficient (Wildman–Crippen LogP) is 3.50. The number of amides is 1. The van der Waals surface area contributed by atoms with E-state index in [1.165, 1.54) is 0 Å². The minimum Gasteiger partial charge on any atom is -0.494 e. The third kappa shape index (κ3) is 5.59. The maximum absolute atomic E-state index is 12.9. The lowest BCUT2D eigenvalue weighted by molar-refractivity contribution is -0.143. The summed E-state index contributed by atoms with van der Waals surface area (Å²) in [6.07, 6.45) is 5.10. The van der Waals surface area contributed by atoms with E-state index in [2.05, 4.69) is 30.3 Å². The Labute approximate surface area is 215 Å². The number of ether oxygens (including phenoxy) is 1. The third-order valence-corrected chi connectivity index (χ3v) is 7.43. The van der Waals surface area contributed by atoms with Gasteiger partial charge in [0.15, 0.2) is 0 Å². The van der Waals surface area contributed by atoms with Crippen LogP contribution in [0.15, 0.2) is 48.7 Å². The number of pyridine rings is 1. The van der Waals surface area contributed by atoms with Crippen LogP contribution in [0.2, 0.25) is 0 Å². The molecular weight excluding hydrogens is 472 g/mol. The van der Waals surface area contributed by atoms with Crippen molar-refractivity contribution in [2.75, 3.05) is 43.5 Å². The van der Waals surface area contributed by atoms with E-state index in [1.54, 1.807) is 31.5 Å². The number of piperazine rings is 1. The minimum atomic E-state index is -0.657. The summed E-state index contributed by atoms with van der Waals surface area (Å²) in [4.78, 5) is 33.5. The highest BCUT2D eigenvalue weighted by Gasteiger charge is 2.31. The summed E-state index contributed by atoms with van der Waals surface area (Å²) in [6.45, 7) is 3.67. The van der Waals surface area contributed by atoms with Gasteiger partial charge in [0.25, 0.3) is 5.91 Å². The zero-order valence-corrected chi connectivity index (χ0v) is 20.9. The number of carbonyl (C=O) groups excluding carboxylic acids is 1. The van der Waals surface area contributed by atoms with E-state index in [1.807, 2.05) is 24.3 Å². The number of anilines is 2. The van der Waals surface area contributed by atoms with E-state index in [4.69, 9.17) is 4.74 Å². The highest BCUT2D eigenvalue weighted by Crippen LogP contribution is 2.32. The highest BCUT2D eigenvalue weighted by atomic mass is 16.5. The number of hydrogen-bond donors (Lipinski definition) is 3. The molecule has 2 fully saturated rings. The smallest absolute Gasteiger partial charge is 0.306 e. The molecule has 194 valence electrons. The van der Waals surface area contributed by atoms with Crippen molar-refractivity contribution in [2.45, 2.75) is 31.7 Å². The van der Waals surface area contributed by atoms with Gasteiger partial charge in [-0.05, 0) is 56.0 Å². The van der Waals surface area contributed by atoms with Gasteiger partial charge >= 0.3 is 5.97 Å². The molecule has 1 aromatic carbocycles. The lowest BCUT2D eigenvalue weighted by Crippen LogP contribution is -2.51. The Morgan fingerprint density at radius 1 is 1.05 bits per heavy atom. The summed E-state index contributed by atoms with van der Waals surface area (Å²) < 4.78 is 5.61. The molecule has 0 spiro atoms. The second-order valence-corrected chi connectivity index (χ2v) is 9.58. The van der Waals surface area contributed by atoms with Gasteiger partial charge in [-0.25, -0.2) is 4.98 Å². The van der Waals surface area contributed by atoms with Crippen molar-refractivity contribution in [1.82, 2.24) is 20.1 Å². The minimum absolute atomic E-state index is 0.181. The molecule has 0 radical (unpaired) electrons. The van der Waals surface area contributed by atoms with Crippen LogP contribution in [-0.4, -0.2) is 76.4 Å². The molecule has 10 nitrogen and oxygen atoms in total. The maximum atomic E-state index is 12.9. The molecule has 10 heteroatoms. The fraction of sp³-hybridized carbons (Fsp3) is 0.407. The van der Waals surface area contributed by atoms with Crippen LogP contribution < -0.4 is 15.0 Å². The van der Waals surface area contributed by atoms with Crippen LogP contribution in [0.3, 0.4) is 0 Å². The van der Waals surface area contributed by atoms with E-state index in [0.717, 1.165) is 63.2 Å². The van der Waals surface area contributed by atoms with Crippen molar-refractivity contribution < 1.29 is 19.4 Å². The second kappa shape index (κ2) is 11.0. The Kier molecular flexibility index (Phi) is 7.36. The van der Waals surface area contributed by atoms with Crippen LogP contribution in [0.25, 0.3) is 11.4 Å². The molecule has 2 aromatic heterocycles. The second-order valence-electron chi connectivity index (χ2n) is 9.58. The first-order valence-electron chi connectivity index (χ1n) is 12.7.